The molecule has 2 unspecified atom stereocenters. The van der Waals surface area contributed by atoms with Gasteiger partial charge in [0.1, 0.15) is 6.61 Å². The van der Waals surface area contributed by atoms with Crippen LogP contribution in [0.2, 0.25) is 0 Å². The maximum atomic E-state index is 10.6. The number of amides is 1. The van der Waals surface area contributed by atoms with E-state index in [1.807, 2.05) is 0 Å². The minimum Gasteiger partial charge on any atom is -0.362 e. The van der Waals surface area contributed by atoms with Crippen LogP contribution < -0.4 is 5.32 Å². The number of ether oxygens (including phenoxy) is 1. The molecule has 11 heavy (non-hydrogen) atoms. The van der Waals surface area contributed by atoms with Gasteiger partial charge >= 0.3 is 0 Å². The van der Waals surface area contributed by atoms with Crippen LogP contribution in [0, 0.1) is 0 Å². The highest BCUT2D eigenvalue weighted by Gasteiger charge is 2.50. The topological polar surface area (TPSA) is 61.9 Å². The molecule has 1 aliphatic heterocycles. The van der Waals surface area contributed by atoms with Gasteiger partial charge in [0.2, 0.25) is 11.7 Å². The number of thiol groups is 1. The van der Waals surface area contributed by atoms with E-state index in [2.05, 4.69) is 17.9 Å². The Morgan fingerprint density at radius 3 is 2.82 bits per heavy atom. The van der Waals surface area contributed by atoms with E-state index in [9.17, 15) is 9.90 Å². The fourth-order valence-corrected chi connectivity index (χ4v) is 1.20. The molecule has 1 saturated heterocycles. The second kappa shape index (κ2) is 3.00. The third-order valence-electron chi connectivity index (χ3n) is 1.54. The number of epoxide rings is 1. The zero-order chi connectivity index (χ0) is 8.48. The molecule has 5 heteroatoms. The van der Waals surface area contributed by atoms with Gasteiger partial charge in [0.15, 0.2) is 0 Å². The van der Waals surface area contributed by atoms with Gasteiger partial charge in [0.25, 0.3) is 0 Å². The van der Waals surface area contributed by atoms with Crippen LogP contribution in [0.1, 0.15) is 6.92 Å². The van der Waals surface area contributed by atoms with Crippen LogP contribution in [-0.4, -0.2) is 35.2 Å². The van der Waals surface area contributed by atoms with Gasteiger partial charge in [0.05, 0.1) is 6.04 Å². The van der Waals surface area contributed by atoms with Gasteiger partial charge in [-0.25, -0.2) is 0 Å². The van der Waals surface area contributed by atoms with Gasteiger partial charge in [-0.1, -0.05) is 0 Å². The highest BCUT2D eigenvalue weighted by molar-refractivity contribution is 7.80. The normalized spacial score (nSPS) is 31.2. The monoisotopic (exact) mass is 177 g/mol. The van der Waals surface area contributed by atoms with Crippen molar-refractivity contribution in [2.45, 2.75) is 18.8 Å². The molecule has 0 radical (unpaired) electrons. The van der Waals surface area contributed by atoms with Crippen molar-refractivity contribution in [2.75, 3.05) is 12.4 Å². The molecule has 4 nitrogen and oxygen atoms in total. The summed E-state index contributed by atoms with van der Waals surface area (Å²) >= 11 is 3.97. The smallest absolute Gasteiger partial charge is 0.217 e. The summed E-state index contributed by atoms with van der Waals surface area (Å²) in [7, 11) is 0. The standard InChI is InChI=1S/C6H11NO3S/c1-4(8)7-5(2-11)6(9)3-10-6/h5,9,11H,2-3H2,1H3,(H,7,8). The molecule has 0 aromatic rings. The van der Waals surface area contributed by atoms with E-state index in [4.69, 9.17) is 4.74 Å². The number of carbonyl (C=O) groups is 1. The fourth-order valence-electron chi connectivity index (χ4n) is 0.822. The van der Waals surface area contributed by atoms with E-state index < -0.39 is 11.8 Å². The molecule has 2 atom stereocenters. The van der Waals surface area contributed by atoms with Crippen LogP contribution >= 0.6 is 12.6 Å². The Morgan fingerprint density at radius 2 is 2.55 bits per heavy atom. The van der Waals surface area contributed by atoms with Gasteiger partial charge in [-0.2, -0.15) is 12.6 Å². The van der Waals surface area contributed by atoms with Crippen molar-refractivity contribution in [3.63, 3.8) is 0 Å². The summed E-state index contributed by atoms with van der Waals surface area (Å²) in [4.78, 5) is 10.6. The first-order valence-corrected chi connectivity index (χ1v) is 3.96. The molecule has 1 fully saturated rings. The molecule has 1 aliphatic rings. The summed E-state index contributed by atoms with van der Waals surface area (Å²) in [5.41, 5.74) is 0. The molecule has 0 aromatic heterocycles. The second-order valence-corrected chi connectivity index (χ2v) is 2.93. The molecule has 1 amide bonds. The third-order valence-corrected chi connectivity index (χ3v) is 1.91. The molecular weight excluding hydrogens is 166 g/mol. The minimum absolute atomic E-state index is 0.187. The lowest BCUT2D eigenvalue weighted by Crippen LogP contribution is -2.46. The first-order chi connectivity index (χ1) is 5.08. The summed E-state index contributed by atoms with van der Waals surface area (Å²) in [5.74, 6) is -0.975. The lowest BCUT2D eigenvalue weighted by atomic mass is 10.2. The number of rotatable bonds is 3. The molecule has 2 N–H and O–H groups in total. The molecule has 64 valence electrons. The van der Waals surface area contributed by atoms with Crippen molar-refractivity contribution < 1.29 is 14.6 Å². The van der Waals surface area contributed by atoms with Crippen molar-refractivity contribution in [3.05, 3.63) is 0 Å². The van der Waals surface area contributed by atoms with E-state index in [0.717, 1.165) is 0 Å². The maximum absolute atomic E-state index is 10.6. The van der Waals surface area contributed by atoms with Crippen molar-refractivity contribution in [2.24, 2.45) is 0 Å². The first-order valence-electron chi connectivity index (χ1n) is 3.33. The highest BCUT2D eigenvalue weighted by atomic mass is 32.1. The van der Waals surface area contributed by atoms with Gasteiger partial charge in [-0.3, -0.25) is 4.79 Å². The molecule has 0 bridgehead atoms. The maximum Gasteiger partial charge on any atom is 0.217 e. The van der Waals surface area contributed by atoms with Crippen LogP contribution in [0.25, 0.3) is 0 Å². The molecule has 0 saturated carbocycles. The molecule has 0 spiro atoms. The Hall–Kier alpha value is -0.260. The first kappa shape index (κ1) is 8.83. The lowest BCUT2D eigenvalue weighted by Gasteiger charge is -2.17. The van der Waals surface area contributed by atoms with Crippen LogP contribution in [0.5, 0.6) is 0 Å². The zero-order valence-electron chi connectivity index (χ0n) is 6.20. The highest BCUT2D eigenvalue weighted by Crippen LogP contribution is 2.27. The predicted octanol–water partition coefficient (Wildman–Crippen LogP) is -0.860. The molecule has 0 aliphatic carbocycles. The summed E-state index contributed by atoms with van der Waals surface area (Å²) in [5, 5.41) is 11.9. The Kier molecular flexibility index (Phi) is 2.41. The van der Waals surface area contributed by atoms with Gasteiger partial charge in [0, 0.05) is 12.7 Å². The Bertz CT molecular complexity index is 169. The average Bonchev–Trinajstić information content (AvgIpc) is 2.63. The lowest BCUT2D eigenvalue weighted by molar-refractivity contribution is -0.121. The average molecular weight is 177 g/mol. The van der Waals surface area contributed by atoms with Gasteiger partial charge < -0.3 is 15.2 Å². The van der Waals surface area contributed by atoms with E-state index >= 15 is 0 Å². The van der Waals surface area contributed by atoms with Crippen LogP contribution in [0.3, 0.4) is 0 Å². The SMILES string of the molecule is CC(=O)NC(CS)C1(O)CO1. The number of carbonyl (C=O) groups excluding carboxylic acids is 1. The summed E-state index contributed by atoms with van der Waals surface area (Å²) in [6, 6.07) is -0.400. The fraction of sp³-hybridized carbons (Fsp3) is 0.833. The van der Waals surface area contributed by atoms with E-state index in [-0.39, 0.29) is 12.5 Å². The number of nitrogens with one attached hydrogen (secondary N) is 1. The molecule has 1 heterocycles. The third kappa shape index (κ3) is 2.08. The summed E-state index contributed by atoms with van der Waals surface area (Å²) in [6.45, 7) is 1.67. The van der Waals surface area contributed by atoms with Crippen molar-refractivity contribution in [3.8, 4) is 0 Å². The van der Waals surface area contributed by atoms with Crippen molar-refractivity contribution in [1.82, 2.24) is 5.32 Å². The van der Waals surface area contributed by atoms with Crippen molar-refractivity contribution >= 4 is 18.5 Å². The largest absolute Gasteiger partial charge is 0.362 e. The molecule has 0 aromatic carbocycles. The van der Waals surface area contributed by atoms with Crippen LogP contribution in [0.4, 0.5) is 0 Å². The quantitative estimate of drug-likeness (QED) is 0.388. The van der Waals surface area contributed by atoms with E-state index in [0.29, 0.717) is 5.75 Å². The Morgan fingerprint density at radius 1 is 2.00 bits per heavy atom. The van der Waals surface area contributed by atoms with Gasteiger partial charge in [-0.15, -0.1) is 0 Å². The van der Waals surface area contributed by atoms with E-state index in [1.54, 1.807) is 0 Å². The van der Waals surface area contributed by atoms with Crippen LogP contribution in [0.15, 0.2) is 0 Å². The van der Waals surface area contributed by atoms with Crippen LogP contribution in [-0.2, 0) is 9.53 Å². The van der Waals surface area contributed by atoms with Gasteiger partial charge in [-0.05, 0) is 0 Å². The zero-order valence-corrected chi connectivity index (χ0v) is 7.10. The Balaban J connectivity index is 2.43. The number of hydrogen-bond acceptors (Lipinski definition) is 4. The minimum atomic E-state index is -1.16. The summed E-state index contributed by atoms with van der Waals surface area (Å²) < 4.78 is 4.74. The predicted molar refractivity (Wildman–Crippen MR) is 42.4 cm³/mol. The van der Waals surface area contributed by atoms with E-state index in [1.165, 1.54) is 6.92 Å². The number of aliphatic hydroxyl groups is 1. The number of hydrogen-bond donors (Lipinski definition) is 3. The molecule has 1 rings (SSSR count). The van der Waals surface area contributed by atoms with Crippen molar-refractivity contribution in [1.29, 1.82) is 0 Å². The second-order valence-electron chi connectivity index (χ2n) is 2.57. The summed E-state index contributed by atoms with van der Waals surface area (Å²) in [6.07, 6.45) is 0. The molecular formula is C6H11NO3S. The Labute approximate surface area is 70.3 Å².